The van der Waals surface area contributed by atoms with Crippen LogP contribution in [0.1, 0.15) is 33.1 Å². The number of carbonyl (C=O) groups is 1. The van der Waals surface area contributed by atoms with Crippen LogP contribution in [-0.4, -0.2) is 22.7 Å². The van der Waals surface area contributed by atoms with E-state index in [4.69, 9.17) is 9.47 Å². The van der Waals surface area contributed by atoms with Crippen LogP contribution in [0.4, 0.5) is 4.39 Å². The molecule has 6 nitrogen and oxygen atoms in total. The Bertz CT molecular complexity index is 1140. The van der Waals surface area contributed by atoms with Crippen LogP contribution in [0.2, 0.25) is 0 Å². The molecular weight excluding hydrogens is 375 g/mol. The number of halogens is 1. The normalized spacial score (nSPS) is 15.3. The number of hydrogen-bond acceptors (Lipinski definition) is 5. The number of aromatic nitrogens is 2. The van der Waals surface area contributed by atoms with Gasteiger partial charge in [-0.25, -0.2) is 9.07 Å². The van der Waals surface area contributed by atoms with Crippen LogP contribution in [0.3, 0.4) is 0 Å². The number of hydrogen-bond donors (Lipinski definition) is 0. The SMILES string of the molecule is COc1ccc(COc2cc(F)c3c(c2)CC(c2ccc(=O)n(C)n2)C3=O)cc1. The number of aryl methyl sites for hydroxylation is 1. The van der Waals surface area contributed by atoms with Gasteiger partial charge in [0.1, 0.15) is 23.9 Å². The van der Waals surface area contributed by atoms with Crippen molar-refractivity contribution in [3.05, 3.63) is 87.1 Å². The average molecular weight is 394 g/mol. The molecule has 1 heterocycles. The Balaban J connectivity index is 1.55. The highest BCUT2D eigenvalue weighted by Gasteiger charge is 2.36. The Labute approximate surface area is 166 Å². The summed E-state index contributed by atoms with van der Waals surface area (Å²) in [6.45, 7) is 0.266. The van der Waals surface area contributed by atoms with Crippen molar-refractivity contribution in [2.24, 2.45) is 7.05 Å². The number of ether oxygens (including phenoxy) is 2. The van der Waals surface area contributed by atoms with Crippen LogP contribution in [-0.2, 0) is 20.1 Å². The second-order valence-electron chi connectivity index (χ2n) is 6.92. The first-order valence-corrected chi connectivity index (χ1v) is 9.13. The van der Waals surface area contributed by atoms with Crippen LogP contribution in [0.25, 0.3) is 0 Å². The van der Waals surface area contributed by atoms with Crippen molar-refractivity contribution in [3.63, 3.8) is 0 Å². The number of ketones is 1. The molecule has 2 aromatic carbocycles. The molecule has 0 fully saturated rings. The molecule has 148 valence electrons. The minimum absolute atomic E-state index is 0.0717. The Morgan fingerprint density at radius 2 is 1.86 bits per heavy atom. The highest BCUT2D eigenvalue weighted by atomic mass is 19.1. The lowest BCUT2D eigenvalue weighted by atomic mass is 10.0. The molecule has 0 N–H and O–H groups in total. The van der Waals surface area contributed by atoms with E-state index in [1.54, 1.807) is 13.2 Å². The zero-order valence-corrected chi connectivity index (χ0v) is 16.0. The van der Waals surface area contributed by atoms with Crippen molar-refractivity contribution in [2.45, 2.75) is 18.9 Å². The molecule has 1 aromatic heterocycles. The highest BCUT2D eigenvalue weighted by molar-refractivity contribution is 6.05. The number of nitrogens with zero attached hydrogens (tertiary/aromatic N) is 2. The summed E-state index contributed by atoms with van der Waals surface area (Å²) in [5, 5.41) is 4.15. The second-order valence-corrected chi connectivity index (χ2v) is 6.92. The summed E-state index contributed by atoms with van der Waals surface area (Å²) in [5.41, 5.74) is 1.75. The molecule has 7 heteroatoms. The Hall–Kier alpha value is -3.48. The molecule has 3 aromatic rings. The van der Waals surface area contributed by atoms with Gasteiger partial charge in [-0.15, -0.1) is 0 Å². The maximum atomic E-state index is 14.7. The van der Waals surface area contributed by atoms with Crippen molar-refractivity contribution in [1.82, 2.24) is 9.78 Å². The van der Waals surface area contributed by atoms with E-state index in [1.165, 1.54) is 29.9 Å². The zero-order chi connectivity index (χ0) is 20.5. The maximum absolute atomic E-state index is 14.7. The minimum atomic E-state index is -0.608. The largest absolute Gasteiger partial charge is 0.497 e. The maximum Gasteiger partial charge on any atom is 0.266 e. The molecule has 0 saturated heterocycles. The van der Waals surface area contributed by atoms with Gasteiger partial charge in [-0.3, -0.25) is 9.59 Å². The van der Waals surface area contributed by atoms with E-state index < -0.39 is 11.7 Å². The standard InChI is InChI=1S/C22H19FN2O4/c1-25-20(26)8-7-19(24-25)17-10-14-9-16(11-18(23)21(14)22(17)27)29-12-13-3-5-15(28-2)6-4-13/h3-9,11,17H,10,12H2,1-2H3. The van der Waals surface area contributed by atoms with E-state index in [2.05, 4.69) is 5.10 Å². The quantitative estimate of drug-likeness (QED) is 0.665. The van der Waals surface area contributed by atoms with Crippen LogP contribution < -0.4 is 15.0 Å². The van der Waals surface area contributed by atoms with E-state index in [0.717, 1.165) is 11.3 Å². The highest BCUT2D eigenvalue weighted by Crippen LogP contribution is 2.36. The van der Waals surface area contributed by atoms with Crippen molar-refractivity contribution in [1.29, 1.82) is 0 Å². The zero-order valence-electron chi connectivity index (χ0n) is 16.0. The smallest absolute Gasteiger partial charge is 0.266 e. The van der Waals surface area contributed by atoms with Gasteiger partial charge in [0.15, 0.2) is 5.78 Å². The second kappa shape index (κ2) is 7.50. The summed E-state index contributed by atoms with van der Waals surface area (Å²) < 4.78 is 26.7. The third-order valence-corrected chi connectivity index (χ3v) is 5.04. The van der Waals surface area contributed by atoms with Crippen molar-refractivity contribution >= 4 is 5.78 Å². The molecule has 0 spiro atoms. The van der Waals surface area contributed by atoms with Crippen LogP contribution in [0.5, 0.6) is 11.5 Å². The fraction of sp³-hybridized carbons (Fsp3) is 0.227. The molecule has 0 bridgehead atoms. The van der Waals surface area contributed by atoms with Crippen molar-refractivity contribution in [2.75, 3.05) is 7.11 Å². The first-order valence-electron chi connectivity index (χ1n) is 9.13. The van der Waals surface area contributed by atoms with E-state index in [1.807, 2.05) is 24.3 Å². The van der Waals surface area contributed by atoms with Gasteiger partial charge in [0, 0.05) is 19.2 Å². The number of carbonyl (C=O) groups excluding carboxylic acids is 1. The number of fused-ring (bicyclic) bond motifs is 1. The molecular formula is C22H19FN2O4. The number of Topliss-reactive ketones (excluding diaryl/α,β-unsaturated/α-hetero) is 1. The molecule has 1 aliphatic rings. The van der Waals surface area contributed by atoms with E-state index >= 15 is 0 Å². The number of rotatable bonds is 5. The van der Waals surface area contributed by atoms with Crippen LogP contribution >= 0.6 is 0 Å². The third-order valence-electron chi connectivity index (χ3n) is 5.04. The predicted octanol–water partition coefficient (Wildman–Crippen LogP) is 3.03. The van der Waals surface area contributed by atoms with E-state index in [0.29, 0.717) is 23.4 Å². The molecule has 0 amide bonds. The summed E-state index contributed by atoms with van der Waals surface area (Å²) in [6.07, 6.45) is 0.316. The Kier molecular flexibility index (Phi) is 4.88. The fourth-order valence-electron chi connectivity index (χ4n) is 3.48. The summed E-state index contributed by atoms with van der Waals surface area (Å²) in [5.74, 6) is -0.439. The van der Waals surface area contributed by atoms with Gasteiger partial charge >= 0.3 is 0 Å². The number of benzene rings is 2. The van der Waals surface area contributed by atoms with Gasteiger partial charge in [-0.2, -0.15) is 5.10 Å². The average Bonchev–Trinajstić information content (AvgIpc) is 3.06. The van der Waals surface area contributed by atoms with Gasteiger partial charge in [0.05, 0.1) is 24.3 Å². The third kappa shape index (κ3) is 3.63. The van der Waals surface area contributed by atoms with Crippen molar-refractivity contribution < 1.29 is 18.7 Å². The fourth-order valence-corrected chi connectivity index (χ4v) is 3.48. The molecule has 0 saturated carbocycles. The lowest BCUT2D eigenvalue weighted by molar-refractivity contribution is 0.0967. The van der Waals surface area contributed by atoms with Crippen molar-refractivity contribution in [3.8, 4) is 11.5 Å². The summed E-state index contributed by atoms with van der Waals surface area (Å²) in [7, 11) is 3.11. The Morgan fingerprint density at radius 1 is 1.10 bits per heavy atom. The van der Waals surface area contributed by atoms with Gasteiger partial charge in [-0.1, -0.05) is 12.1 Å². The first-order chi connectivity index (χ1) is 14.0. The molecule has 1 atom stereocenters. The summed E-state index contributed by atoms with van der Waals surface area (Å²) in [4.78, 5) is 24.3. The van der Waals surface area contributed by atoms with Gasteiger partial charge in [-0.05, 0) is 41.8 Å². The Morgan fingerprint density at radius 3 is 2.55 bits per heavy atom. The van der Waals surface area contributed by atoms with Gasteiger partial charge < -0.3 is 9.47 Å². The molecule has 29 heavy (non-hydrogen) atoms. The lowest BCUT2D eigenvalue weighted by Gasteiger charge is -2.09. The molecule has 0 aliphatic heterocycles. The topological polar surface area (TPSA) is 70.4 Å². The summed E-state index contributed by atoms with van der Waals surface area (Å²) in [6, 6.07) is 13.2. The van der Waals surface area contributed by atoms with E-state index in [-0.39, 0.29) is 23.5 Å². The minimum Gasteiger partial charge on any atom is -0.497 e. The first kappa shape index (κ1) is 18.9. The molecule has 1 unspecified atom stereocenters. The molecule has 1 aliphatic carbocycles. The van der Waals surface area contributed by atoms with Gasteiger partial charge in [0.25, 0.3) is 5.56 Å². The van der Waals surface area contributed by atoms with E-state index in [9.17, 15) is 14.0 Å². The molecule has 0 radical (unpaired) electrons. The van der Waals surface area contributed by atoms with Crippen LogP contribution in [0, 0.1) is 5.82 Å². The summed E-state index contributed by atoms with van der Waals surface area (Å²) >= 11 is 0. The van der Waals surface area contributed by atoms with Crippen LogP contribution in [0.15, 0.2) is 53.3 Å². The number of methoxy groups -OCH3 is 1. The molecule has 4 rings (SSSR count). The monoisotopic (exact) mass is 394 g/mol. The lowest BCUT2D eigenvalue weighted by Crippen LogP contribution is -2.22. The van der Waals surface area contributed by atoms with Gasteiger partial charge in [0.2, 0.25) is 0 Å². The predicted molar refractivity (Wildman–Crippen MR) is 104 cm³/mol.